The molecule has 0 spiro atoms. The van der Waals surface area contributed by atoms with Crippen molar-refractivity contribution in [3.63, 3.8) is 0 Å². The van der Waals surface area contributed by atoms with Gasteiger partial charge in [-0.05, 0) is 25.1 Å². The molecule has 0 saturated carbocycles. The number of nitrogens with one attached hydrogen (secondary N) is 1. The van der Waals surface area contributed by atoms with Crippen LogP contribution in [0.25, 0.3) is 0 Å². The summed E-state index contributed by atoms with van der Waals surface area (Å²) in [6.45, 7) is 2.98. The number of nitrogen functional groups attached to an aromatic ring is 1. The Labute approximate surface area is 111 Å². The van der Waals surface area contributed by atoms with Gasteiger partial charge in [0.15, 0.2) is 0 Å². The molecular weight excluding hydrogens is 248 g/mol. The summed E-state index contributed by atoms with van der Waals surface area (Å²) in [7, 11) is 0. The van der Waals surface area contributed by atoms with Crippen molar-refractivity contribution in [1.82, 2.24) is 0 Å². The van der Waals surface area contributed by atoms with Crippen molar-refractivity contribution in [3.8, 4) is 5.75 Å². The van der Waals surface area contributed by atoms with Crippen LogP contribution in [0.2, 0.25) is 0 Å². The van der Waals surface area contributed by atoms with Crippen LogP contribution in [-0.2, 0) is 14.3 Å². The van der Waals surface area contributed by atoms with Crippen molar-refractivity contribution in [2.45, 2.75) is 13.0 Å². The molecule has 0 fully saturated rings. The fourth-order valence-electron chi connectivity index (χ4n) is 1.77. The van der Waals surface area contributed by atoms with Crippen LogP contribution in [-0.4, -0.2) is 38.4 Å². The zero-order chi connectivity index (χ0) is 13.7. The monoisotopic (exact) mass is 266 g/mol. The number of hydrogen-bond donors (Lipinski definition) is 2. The molecule has 1 aliphatic heterocycles. The van der Waals surface area contributed by atoms with Gasteiger partial charge in [-0.25, -0.2) is 4.79 Å². The van der Waals surface area contributed by atoms with Crippen molar-refractivity contribution in [2.75, 3.05) is 37.4 Å². The van der Waals surface area contributed by atoms with E-state index >= 15 is 0 Å². The first-order valence-electron chi connectivity index (χ1n) is 6.22. The van der Waals surface area contributed by atoms with Crippen molar-refractivity contribution in [3.05, 3.63) is 18.2 Å². The molecule has 6 heteroatoms. The lowest BCUT2D eigenvalue weighted by molar-refractivity contribution is -0.150. The number of rotatable bonds is 4. The van der Waals surface area contributed by atoms with E-state index in [1.54, 1.807) is 13.0 Å². The lowest BCUT2D eigenvalue weighted by Gasteiger charge is -2.14. The lowest BCUT2D eigenvalue weighted by Crippen LogP contribution is -2.30. The molecule has 1 aromatic rings. The molecule has 0 saturated heterocycles. The van der Waals surface area contributed by atoms with Crippen molar-refractivity contribution in [2.24, 2.45) is 0 Å². The smallest absolute Gasteiger partial charge is 0.332 e. The van der Waals surface area contributed by atoms with Gasteiger partial charge in [-0.15, -0.1) is 0 Å². The molecule has 3 N–H and O–H groups in total. The van der Waals surface area contributed by atoms with E-state index in [0.29, 0.717) is 25.4 Å². The summed E-state index contributed by atoms with van der Waals surface area (Å²) >= 11 is 0. The second-order valence-corrected chi connectivity index (χ2v) is 4.19. The van der Waals surface area contributed by atoms with E-state index in [0.717, 1.165) is 11.4 Å². The van der Waals surface area contributed by atoms with E-state index in [2.05, 4.69) is 5.32 Å². The number of nitrogens with two attached hydrogens (primary N) is 1. The zero-order valence-corrected chi connectivity index (χ0v) is 10.8. The predicted octanol–water partition coefficient (Wildman–Crippen LogP) is 1.02. The number of anilines is 2. The number of carbonyl (C=O) groups excluding carboxylic acids is 1. The van der Waals surface area contributed by atoms with Crippen LogP contribution >= 0.6 is 0 Å². The first kappa shape index (κ1) is 13.5. The van der Waals surface area contributed by atoms with Gasteiger partial charge in [0.1, 0.15) is 25.1 Å². The summed E-state index contributed by atoms with van der Waals surface area (Å²) in [6.07, 6.45) is -0.210. The summed E-state index contributed by atoms with van der Waals surface area (Å²) in [6, 6.07) is 5.40. The Balaban J connectivity index is 1.87. The summed E-state index contributed by atoms with van der Waals surface area (Å²) in [4.78, 5) is 11.2. The highest BCUT2D eigenvalue weighted by atomic mass is 16.6. The second-order valence-electron chi connectivity index (χ2n) is 4.19. The van der Waals surface area contributed by atoms with Crippen LogP contribution in [0.5, 0.6) is 5.75 Å². The number of esters is 1. The van der Waals surface area contributed by atoms with Gasteiger partial charge >= 0.3 is 5.97 Å². The van der Waals surface area contributed by atoms with E-state index in [4.69, 9.17) is 19.9 Å². The molecule has 0 bridgehead atoms. The Kier molecular flexibility index (Phi) is 4.46. The Morgan fingerprint density at radius 1 is 1.58 bits per heavy atom. The van der Waals surface area contributed by atoms with Gasteiger partial charge in [-0.2, -0.15) is 0 Å². The van der Waals surface area contributed by atoms with Gasteiger partial charge in [0.05, 0.1) is 12.3 Å². The molecule has 0 aliphatic carbocycles. The maximum absolute atomic E-state index is 11.2. The van der Waals surface area contributed by atoms with Gasteiger partial charge < -0.3 is 25.3 Å². The molecule has 0 amide bonds. The topological polar surface area (TPSA) is 82.8 Å². The van der Waals surface area contributed by atoms with Gasteiger partial charge in [0, 0.05) is 12.2 Å². The molecule has 104 valence electrons. The Hall–Kier alpha value is -1.95. The first-order valence-corrected chi connectivity index (χ1v) is 6.22. The summed E-state index contributed by atoms with van der Waals surface area (Å²) in [5.74, 6) is 0.366. The Morgan fingerprint density at radius 2 is 2.42 bits per heavy atom. The molecule has 1 atom stereocenters. The second kappa shape index (κ2) is 6.29. The zero-order valence-electron chi connectivity index (χ0n) is 10.8. The predicted molar refractivity (Wildman–Crippen MR) is 71.2 cm³/mol. The van der Waals surface area contributed by atoms with Crippen LogP contribution in [0.4, 0.5) is 11.4 Å². The van der Waals surface area contributed by atoms with Crippen molar-refractivity contribution >= 4 is 17.3 Å². The quantitative estimate of drug-likeness (QED) is 0.625. The molecule has 0 radical (unpaired) electrons. The van der Waals surface area contributed by atoms with E-state index < -0.39 is 0 Å². The highest BCUT2D eigenvalue weighted by Gasteiger charge is 2.18. The summed E-state index contributed by atoms with van der Waals surface area (Å²) < 4.78 is 15.9. The third kappa shape index (κ3) is 3.75. The molecule has 1 unspecified atom stereocenters. The van der Waals surface area contributed by atoms with Crippen molar-refractivity contribution < 1.29 is 19.0 Å². The maximum Gasteiger partial charge on any atom is 0.332 e. The van der Waals surface area contributed by atoms with E-state index in [1.807, 2.05) is 12.1 Å². The number of hydrogen-bond acceptors (Lipinski definition) is 6. The minimum absolute atomic E-state index is 0.0674. The maximum atomic E-state index is 11.2. The molecule has 6 nitrogen and oxygen atoms in total. The van der Waals surface area contributed by atoms with Crippen molar-refractivity contribution in [1.29, 1.82) is 0 Å². The minimum Gasteiger partial charge on any atom is -0.489 e. The number of ether oxygens (including phenoxy) is 3. The minimum atomic E-state index is -0.367. The number of benzene rings is 1. The highest BCUT2D eigenvalue weighted by molar-refractivity contribution is 5.70. The van der Waals surface area contributed by atoms with E-state index in [-0.39, 0.29) is 18.7 Å². The summed E-state index contributed by atoms with van der Waals surface area (Å²) in [5, 5.41) is 3.19. The molecule has 0 aromatic heterocycles. The van der Waals surface area contributed by atoms with Gasteiger partial charge in [0.25, 0.3) is 0 Å². The number of fused-ring (bicyclic) bond motifs is 1. The lowest BCUT2D eigenvalue weighted by atomic mass is 10.2. The molecular formula is C13H18N2O4. The van der Waals surface area contributed by atoms with Crippen LogP contribution in [0.15, 0.2) is 18.2 Å². The average molecular weight is 266 g/mol. The standard InChI is InChI=1S/C13H18N2O4/c1-2-17-13(16)8-18-10-6-15-11-5-9(14)3-4-12(11)19-7-10/h3-5,10,15H,2,6-8,14H2,1H3. The van der Waals surface area contributed by atoms with E-state index in [1.165, 1.54) is 0 Å². The normalized spacial score (nSPS) is 17.6. The summed E-state index contributed by atoms with van der Waals surface area (Å²) in [5.41, 5.74) is 7.21. The SMILES string of the molecule is CCOC(=O)COC1CNc2cc(N)ccc2OC1. The van der Waals surface area contributed by atoms with Gasteiger partial charge in [-0.1, -0.05) is 0 Å². The Morgan fingerprint density at radius 3 is 3.21 bits per heavy atom. The number of carbonyl (C=O) groups is 1. The molecule has 19 heavy (non-hydrogen) atoms. The fourth-order valence-corrected chi connectivity index (χ4v) is 1.77. The third-order valence-electron chi connectivity index (χ3n) is 2.69. The largest absolute Gasteiger partial charge is 0.489 e. The molecule has 2 rings (SSSR count). The van der Waals surface area contributed by atoms with Crippen LogP contribution in [0, 0.1) is 0 Å². The van der Waals surface area contributed by atoms with Crippen LogP contribution in [0.3, 0.4) is 0 Å². The fraction of sp³-hybridized carbons (Fsp3) is 0.462. The van der Waals surface area contributed by atoms with E-state index in [9.17, 15) is 4.79 Å². The molecule has 1 heterocycles. The third-order valence-corrected chi connectivity index (χ3v) is 2.69. The first-order chi connectivity index (χ1) is 9.19. The van der Waals surface area contributed by atoms with Gasteiger partial charge in [-0.3, -0.25) is 0 Å². The molecule has 1 aromatic carbocycles. The van der Waals surface area contributed by atoms with Gasteiger partial charge in [0.2, 0.25) is 0 Å². The van der Waals surface area contributed by atoms with Crippen LogP contribution < -0.4 is 15.8 Å². The van der Waals surface area contributed by atoms with Crippen LogP contribution in [0.1, 0.15) is 6.92 Å². The highest BCUT2D eigenvalue weighted by Crippen LogP contribution is 2.28. The molecule has 1 aliphatic rings. The Bertz CT molecular complexity index is 450. The average Bonchev–Trinajstić information content (AvgIpc) is 2.59.